The molecule has 0 saturated heterocycles. The summed E-state index contributed by atoms with van der Waals surface area (Å²) >= 11 is 1.73. The van der Waals surface area contributed by atoms with Crippen molar-refractivity contribution in [2.75, 3.05) is 0 Å². The van der Waals surface area contributed by atoms with E-state index in [9.17, 15) is 5.26 Å². The van der Waals surface area contributed by atoms with Gasteiger partial charge < -0.3 is 0 Å². The fourth-order valence-corrected chi connectivity index (χ4v) is 4.82. The lowest BCUT2D eigenvalue weighted by molar-refractivity contribution is 1.33. The van der Waals surface area contributed by atoms with Crippen LogP contribution in [-0.4, -0.2) is 4.98 Å². The van der Waals surface area contributed by atoms with Crippen molar-refractivity contribution in [3.8, 4) is 28.5 Å². The summed E-state index contributed by atoms with van der Waals surface area (Å²) in [6, 6.07) is 29.0. The van der Waals surface area contributed by atoms with E-state index in [0.29, 0.717) is 5.56 Å². The van der Waals surface area contributed by atoms with Gasteiger partial charge in [-0.1, -0.05) is 54.6 Å². The second kappa shape index (κ2) is 6.35. The van der Waals surface area contributed by atoms with Crippen LogP contribution in [-0.2, 0) is 0 Å². The van der Waals surface area contributed by atoms with Crippen LogP contribution in [0.25, 0.3) is 42.6 Å². The molecule has 0 radical (unpaired) electrons. The van der Waals surface area contributed by atoms with Crippen LogP contribution in [0.5, 0.6) is 0 Å². The molecule has 0 aliphatic heterocycles. The summed E-state index contributed by atoms with van der Waals surface area (Å²) in [4.78, 5) is 4.56. The monoisotopic (exact) mass is 362 g/mol. The van der Waals surface area contributed by atoms with E-state index in [0.717, 1.165) is 16.0 Å². The fraction of sp³-hybridized carbons (Fsp3) is 0. The number of aromatic nitrogens is 1. The van der Waals surface area contributed by atoms with E-state index in [1.54, 1.807) is 11.3 Å². The maximum Gasteiger partial charge on any atom is 0.0992 e. The second-order valence-electron chi connectivity index (χ2n) is 6.37. The Kier molecular flexibility index (Phi) is 3.71. The number of nitriles is 1. The Bertz CT molecular complexity index is 1310. The molecule has 0 bridgehead atoms. The van der Waals surface area contributed by atoms with Gasteiger partial charge in [0.2, 0.25) is 0 Å². The lowest BCUT2D eigenvalue weighted by Crippen LogP contribution is -1.85. The van der Waals surface area contributed by atoms with Gasteiger partial charge in [-0.2, -0.15) is 5.26 Å². The van der Waals surface area contributed by atoms with E-state index in [-0.39, 0.29) is 0 Å². The minimum atomic E-state index is 0.690. The first-order valence-corrected chi connectivity index (χ1v) is 9.53. The van der Waals surface area contributed by atoms with Gasteiger partial charge >= 0.3 is 0 Å². The topological polar surface area (TPSA) is 36.7 Å². The van der Waals surface area contributed by atoms with Crippen LogP contribution in [0.2, 0.25) is 0 Å². The Labute approximate surface area is 161 Å². The van der Waals surface area contributed by atoms with Crippen LogP contribution >= 0.6 is 11.3 Å². The minimum absolute atomic E-state index is 0.690. The van der Waals surface area contributed by atoms with Crippen molar-refractivity contribution >= 4 is 31.5 Å². The number of hydrogen-bond donors (Lipinski definition) is 0. The van der Waals surface area contributed by atoms with Crippen LogP contribution in [0, 0.1) is 11.3 Å². The normalized spacial score (nSPS) is 10.9. The van der Waals surface area contributed by atoms with Gasteiger partial charge in [0.15, 0.2) is 0 Å². The molecule has 0 atom stereocenters. The molecule has 2 nitrogen and oxygen atoms in total. The zero-order valence-electron chi connectivity index (χ0n) is 14.4. The van der Waals surface area contributed by atoms with Crippen LogP contribution in [0.3, 0.4) is 0 Å². The standard InChI is InChI=1S/C24H14N2S/c25-15-16-9-10-20-22(14-16)27-24-19(21-8-4-5-13-26-21)12-11-18(23(20)24)17-6-2-1-3-7-17/h1-14H. The van der Waals surface area contributed by atoms with Crippen LogP contribution in [0.15, 0.2) is 85.1 Å². The molecular formula is C24H14N2S. The number of nitrogens with zero attached hydrogens (tertiary/aromatic N) is 2. The van der Waals surface area contributed by atoms with Crippen molar-refractivity contribution in [2.24, 2.45) is 0 Å². The Morgan fingerprint density at radius 1 is 0.815 bits per heavy atom. The molecule has 0 spiro atoms. The summed E-state index contributed by atoms with van der Waals surface area (Å²) in [5.74, 6) is 0. The molecule has 0 aliphatic carbocycles. The lowest BCUT2D eigenvalue weighted by atomic mass is 9.96. The molecule has 3 heteroatoms. The van der Waals surface area contributed by atoms with Gasteiger partial charge in [-0.15, -0.1) is 11.3 Å². The van der Waals surface area contributed by atoms with Crippen molar-refractivity contribution in [1.29, 1.82) is 5.26 Å². The number of rotatable bonds is 2. The molecule has 0 fully saturated rings. The first kappa shape index (κ1) is 15.7. The Morgan fingerprint density at radius 3 is 2.41 bits per heavy atom. The largest absolute Gasteiger partial charge is 0.256 e. The van der Waals surface area contributed by atoms with Crippen molar-refractivity contribution in [3.05, 3.63) is 90.6 Å². The molecule has 5 aromatic rings. The van der Waals surface area contributed by atoms with E-state index in [4.69, 9.17) is 0 Å². The quantitative estimate of drug-likeness (QED) is 0.352. The van der Waals surface area contributed by atoms with Crippen molar-refractivity contribution in [3.63, 3.8) is 0 Å². The average Bonchev–Trinajstić information content (AvgIpc) is 3.13. The molecule has 2 aromatic heterocycles. The van der Waals surface area contributed by atoms with E-state index in [1.165, 1.54) is 26.6 Å². The van der Waals surface area contributed by atoms with E-state index < -0.39 is 0 Å². The Hall–Kier alpha value is -3.48. The molecule has 0 N–H and O–H groups in total. The van der Waals surface area contributed by atoms with Gasteiger partial charge in [0, 0.05) is 31.9 Å². The minimum Gasteiger partial charge on any atom is -0.256 e. The SMILES string of the molecule is N#Cc1ccc2c(c1)sc1c(-c3ccccn3)ccc(-c3ccccc3)c12. The van der Waals surface area contributed by atoms with Gasteiger partial charge in [-0.3, -0.25) is 4.98 Å². The Morgan fingerprint density at radius 2 is 1.63 bits per heavy atom. The average molecular weight is 362 g/mol. The van der Waals surface area contributed by atoms with Gasteiger partial charge in [-0.05, 0) is 35.4 Å². The van der Waals surface area contributed by atoms with Gasteiger partial charge in [0.05, 0.1) is 17.3 Å². The fourth-order valence-electron chi connectivity index (χ4n) is 3.53. The zero-order chi connectivity index (χ0) is 18.2. The lowest BCUT2D eigenvalue weighted by Gasteiger charge is -2.09. The van der Waals surface area contributed by atoms with Gasteiger partial charge in [-0.25, -0.2) is 0 Å². The summed E-state index contributed by atoms with van der Waals surface area (Å²) in [7, 11) is 0. The van der Waals surface area contributed by atoms with Crippen molar-refractivity contribution < 1.29 is 0 Å². The third-order valence-electron chi connectivity index (χ3n) is 4.78. The van der Waals surface area contributed by atoms with Gasteiger partial charge in [0.1, 0.15) is 0 Å². The first-order chi connectivity index (χ1) is 13.3. The number of hydrogen-bond acceptors (Lipinski definition) is 3. The molecule has 0 saturated carbocycles. The molecule has 27 heavy (non-hydrogen) atoms. The molecular weight excluding hydrogens is 348 g/mol. The summed E-state index contributed by atoms with van der Waals surface area (Å²) in [5, 5.41) is 11.7. The highest BCUT2D eigenvalue weighted by molar-refractivity contribution is 7.26. The smallest absolute Gasteiger partial charge is 0.0992 e. The van der Waals surface area contributed by atoms with Gasteiger partial charge in [0.25, 0.3) is 0 Å². The zero-order valence-corrected chi connectivity index (χ0v) is 15.2. The number of pyridine rings is 1. The van der Waals surface area contributed by atoms with E-state index in [1.807, 2.05) is 42.6 Å². The summed E-state index contributed by atoms with van der Waals surface area (Å²) in [6.45, 7) is 0. The number of thiophene rings is 1. The number of benzene rings is 3. The van der Waals surface area contributed by atoms with Crippen molar-refractivity contribution in [1.82, 2.24) is 4.98 Å². The maximum absolute atomic E-state index is 9.28. The third kappa shape index (κ3) is 2.59. The van der Waals surface area contributed by atoms with Crippen molar-refractivity contribution in [2.45, 2.75) is 0 Å². The highest BCUT2D eigenvalue weighted by Gasteiger charge is 2.16. The molecule has 5 rings (SSSR count). The highest BCUT2D eigenvalue weighted by Crippen LogP contribution is 2.44. The highest BCUT2D eigenvalue weighted by atomic mass is 32.1. The van der Waals surface area contributed by atoms with E-state index >= 15 is 0 Å². The first-order valence-electron chi connectivity index (χ1n) is 8.71. The maximum atomic E-state index is 9.28. The van der Waals surface area contributed by atoms with Crippen LogP contribution < -0.4 is 0 Å². The molecule has 2 heterocycles. The third-order valence-corrected chi connectivity index (χ3v) is 5.96. The molecule has 0 unspecified atom stereocenters. The predicted molar refractivity (Wildman–Crippen MR) is 113 cm³/mol. The molecule has 126 valence electrons. The van der Waals surface area contributed by atoms with Crippen LogP contribution in [0.4, 0.5) is 0 Å². The molecule has 0 amide bonds. The molecule has 0 aliphatic rings. The van der Waals surface area contributed by atoms with Crippen LogP contribution in [0.1, 0.15) is 5.56 Å². The number of fused-ring (bicyclic) bond motifs is 3. The molecule has 3 aromatic carbocycles. The summed E-state index contributed by atoms with van der Waals surface area (Å²) in [6.07, 6.45) is 1.83. The summed E-state index contributed by atoms with van der Waals surface area (Å²) < 4.78 is 2.34. The Balaban J connectivity index is 1.92. The second-order valence-corrected chi connectivity index (χ2v) is 7.42. The summed E-state index contributed by atoms with van der Waals surface area (Å²) in [5.41, 5.74) is 5.19. The van der Waals surface area contributed by atoms with E-state index in [2.05, 4.69) is 53.5 Å². The predicted octanol–water partition coefficient (Wildman–Crippen LogP) is 6.66.